The zero-order valence-electron chi connectivity index (χ0n) is 10.9. The molecule has 5 heteroatoms. The van der Waals surface area contributed by atoms with Crippen LogP contribution in [0.4, 0.5) is 0 Å². The molecule has 0 N–H and O–H groups in total. The molecule has 1 heterocycles. The number of nitro groups is 1. The molecule has 1 aromatic carbocycles. The van der Waals surface area contributed by atoms with Crippen LogP contribution in [0.3, 0.4) is 0 Å². The van der Waals surface area contributed by atoms with Crippen LogP contribution in [-0.4, -0.2) is 21.0 Å². The van der Waals surface area contributed by atoms with Crippen molar-refractivity contribution in [3.63, 3.8) is 0 Å². The first-order valence-electron chi connectivity index (χ1n) is 6.29. The third kappa shape index (κ3) is 3.64. The maximum Gasteiger partial charge on any atom is 0.210 e. The number of hydrogen-bond donors (Lipinski definition) is 0. The van der Waals surface area contributed by atoms with Crippen LogP contribution in [-0.2, 0) is 13.5 Å². The topological polar surface area (TPSA) is 61.0 Å². The summed E-state index contributed by atoms with van der Waals surface area (Å²) in [6.45, 7) is -0.0333. The van der Waals surface area contributed by atoms with E-state index in [9.17, 15) is 10.1 Å². The number of imidazole rings is 1. The van der Waals surface area contributed by atoms with Gasteiger partial charge in [0.1, 0.15) is 5.82 Å². The normalized spacial score (nSPS) is 12.3. The third-order valence-corrected chi connectivity index (χ3v) is 3.28. The zero-order chi connectivity index (χ0) is 13.7. The van der Waals surface area contributed by atoms with E-state index in [1.807, 2.05) is 48.1 Å². The lowest BCUT2D eigenvalue weighted by atomic mass is 9.94. The van der Waals surface area contributed by atoms with Crippen molar-refractivity contribution in [2.75, 3.05) is 6.54 Å². The van der Waals surface area contributed by atoms with E-state index in [-0.39, 0.29) is 17.4 Å². The predicted molar refractivity (Wildman–Crippen MR) is 72.6 cm³/mol. The third-order valence-electron chi connectivity index (χ3n) is 3.28. The molecule has 2 rings (SSSR count). The Morgan fingerprint density at radius 2 is 2.11 bits per heavy atom. The molecular weight excluding hydrogens is 242 g/mol. The van der Waals surface area contributed by atoms with Gasteiger partial charge in [0.15, 0.2) is 0 Å². The fourth-order valence-corrected chi connectivity index (χ4v) is 2.21. The fraction of sp³-hybridized carbons (Fsp3) is 0.357. The lowest BCUT2D eigenvalue weighted by Gasteiger charge is -2.13. The van der Waals surface area contributed by atoms with Gasteiger partial charge in [-0.05, 0) is 12.0 Å². The van der Waals surface area contributed by atoms with Crippen LogP contribution >= 0.6 is 0 Å². The molecule has 1 atom stereocenters. The highest BCUT2D eigenvalue weighted by Gasteiger charge is 2.18. The second-order valence-electron chi connectivity index (χ2n) is 4.62. The Morgan fingerprint density at radius 1 is 1.37 bits per heavy atom. The molecule has 0 aliphatic heterocycles. The van der Waals surface area contributed by atoms with Crippen LogP contribution in [0.25, 0.3) is 0 Å². The highest BCUT2D eigenvalue weighted by atomic mass is 16.6. The fourth-order valence-electron chi connectivity index (χ4n) is 2.21. The van der Waals surface area contributed by atoms with Crippen molar-refractivity contribution in [1.82, 2.24) is 9.55 Å². The van der Waals surface area contributed by atoms with Gasteiger partial charge in [0.25, 0.3) is 0 Å². The van der Waals surface area contributed by atoms with Gasteiger partial charge in [-0.3, -0.25) is 10.1 Å². The number of benzene rings is 1. The Bertz CT molecular complexity index is 537. The first-order chi connectivity index (χ1) is 9.16. The van der Waals surface area contributed by atoms with Crippen LogP contribution in [0.15, 0.2) is 42.7 Å². The summed E-state index contributed by atoms with van der Waals surface area (Å²) in [4.78, 5) is 14.8. The second kappa shape index (κ2) is 6.13. The largest absolute Gasteiger partial charge is 0.338 e. The minimum atomic E-state index is -0.240. The zero-order valence-corrected chi connectivity index (χ0v) is 10.9. The van der Waals surface area contributed by atoms with E-state index >= 15 is 0 Å². The highest BCUT2D eigenvalue weighted by molar-refractivity contribution is 5.19. The van der Waals surface area contributed by atoms with Crippen LogP contribution in [0.5, 0.6) is 0 Å². The summed E-state index contributed by atoms with van der Waals surface area (Å²) in [6.07, 6.45) is 5.12. The van der Waals surface area contributed by atoms with E-state index in [0.29, 0.717) is 0 Å². The van der Waals surface area contributed by atoms with Crippen LogP contribution in [0.2, 0.25) is 0 Å². The van der Waals surface area contributed by atoms with Gasteiger partial charge in [0.05, 0.1) is 0 Å². The Hall–Kier alpha value is -2.17. The Balaban J connectivity index is 2.06. The van der Waals surface area contributed by atoms with Crippen molar-refractivity contribution >= 4 is 0 Å². The summed E-state index contributed by atoms with van der Waals surface area (Å²) in [5, 5.41) is 10.8. The van der Waals surface area contributed by atoms with Crippen molar-refractivity contribution in [2.24, 2.45) is 7.05 Å². The summed E-state index contributed by atoms with van der Waals surface area (Å²) in [5.41, 5.74) is 1.02. The van der Waals surface area contributed by atoms with Gasteiger partial charge in [-0.2, -0.15) is 0 Å². The monoisotopic (exact) mass is 259 g/mol. The Labute approximate surface area is 112 Å². The minimum Gasteiger partial charge on any atom is -0.338 e. The molecule has 5 nitrogen and oxygen atoms in total. The molecule has 100 valence electrons. The van der Waals surface area contributed by atoms with Gasteiger partial charge in [-0.15, -0.1) is 0 Å². The number of hydrogen-bond acceptors (Lipinski definition) is 3. The van der Waals surface area contributed by atoms with Crippen molar-refractivity contribution in [2.45, 2.75) is 18.8 Å². The molecule has 2 aromatic rings. The Morgan fingerprint density at radius 3 is 2.68 bits per heavy atom. The van der Waals surface area contributed by atoms with E-state index in [1.165, 1.54) is 0 Å². The molecule has 0 amide bonds. The van der Waals surface area contributed by atoms with E-state index in [1.54, 1.807) is 6.20 Å². The molecule has 0 fully saturated rings. The lowest BCUT2D eigenvalue weighted by Crippen LogP contribution is -2.14. The van der Waals surface area contributed by atoms with Gasteiger partial charge in [0.2, 0.25) is 6.54 Å². The molecule has 19 heavy (non-hydrogen) atoms. The SMILES string of the molecule is Cn1ccnc1CCC(C[N+](=O)[O-])c1ccccc1. The quantitative estimate of drug-likeness (QED) is 0.591. The van der Waals surface area contributed by atoms with Crippen LogP contribution < -0.4 is 0 Å². The average molecular weight is 259 g/mol. The molecule has 0 spiro atoms. The number of nitrogens with zero attached hydrogens (tertiary/aromatic N) is 3. The average Bonchev–Trinajstić information content (AvgIpc) is 2.81. The Kier molecular flexibility index (Phi) is 4.28. The van der Waals surface area contributed by atoms with Gasteiger partial charge >= 0.3 is 0 Å². The van der Waals surface area contributed by atoms with Crippen molar-refractivity contribution < 1.29 is 4.92 Å². The van der Waals surface area contributed by atoms with Gasteiger partial charge in [-0.1, -0.05) is 30.3 Å². The molecule has 0 aliphatic rings. The molecule has 1 aromatic heterocycles. The molecule has 0 saturated carbocycles. The van der Waals surface area contributed by atoms with Gasteiger partial charge in [0, 0.05) is 36.7 Å². The molecule has 1 unspecified atom stereocenters. The number of aromatic nitrogens is 2. The molecule has 0 radical (unpaired) electrons. The van der Waals surface area contributed by atoms with Crippen molar-refractivity contribution in [1.29, 1.82) is 0 Å². The smallest absolute Gasteiger partial charge is 0.210 e. The molecule has 0 aliphatic carbocycles. The van der Waals surface area contributed by atoms with E-state index in [2.05, 4.69) is 4.98 Å². The maximum atomic E-state index is 10.8. The summed E-state index contributed by atoms with van der Waals surface area (Å²) in [5.74, 6) is 0.900. The maximum absolute atomic E-state index is 10.8. The summed E-state index contributed by atoms with van der Waals surface area (Å²) in [6, 6.07) is 9.66. The number of aryl methyl sites for hydroxylation is 2. The highest BCUT2D eigenvalue weighted by Crippen LogP contribution is 2.21. The van der Waals surface area contributed by atoms with E-state index < -0.39 is 0 Å². The summed E-state index contributed by atoms with van der Waals surface area (Å²) in [7, 11) is 1.94. The summed E-state index contributed by atoms with van der Waals surface area (Å²) >= 11 is 0. The van der Waals surface area contributed by atoms with E-state index in [4.69, 9.17) is 0 Å². The second-order valence-corrected chi connectivity index (χ2v) is 4.62. The summed E-state index contributed by atoms with van der Waals surface area (Å²) < 4.78 is 1.95. The molecular formula is C14H17N3O2. The van der Waals surface area contributed by atoms with Crippen molar-refractivity contribution in [3.8, 4) is 0 Å². The molecule has 0 bridgehead atoms. The first kappa shape index (κ1) is 13.3. The lowest BCUT2D eigenvalue weighted by molar-refractivity contribution is -0.483. The van der Waals surface area contributed by atoms with Crippen LogP contribution in [0, 0.1) is 10.1 Å². The predicted octanol–water partition coefficient (Wildman–Crippen LogP) is 2.41. The minimum absolute atomic E-state index is 0.0333. The number of rotatable bonds is 6. The van der Waals surface area contributed by atoms with E-state index in [0.717, 1.165) is 24.2 Å². The standard InChI is InChI=1S/C14H17N3O2/c1-16-10-9-15-14(16)8-7-13(11-17(18)19)12-5-3-2-4-6-12/h2-6,9-10,13H,7-8,11H2,1H3. The van der Waals surface area contributed by atoms with Crippen molar-refractivity contribution in [3.05, 3.63) is 64.2 Å². The molecule has 0 saturated heterocycles. The first-order valence-corrected chi connectivity index (χ1v) is 6.29. The van der Waals surface area contributed by atoms with Gasteiger partial charge < -0.3 is 4.57 Å². The van der Waals surface area contributed by atoms with Gasteiger partial charge in [-0.25, -0.2) is 4.98 Å². The van der Waals surface area contributed by atoms with Crippen LogP contribution in [0.1, 0.15) is 23.7 Å².